The molecule has 2 atom stereocenters. The number of carbonyl (C=O) groups excluding carboxylic acids is 1. The summed E-state index contributed by atoms with van der Waals surface area (Å²) in [5.41, 5.74) is -0.452. The van der Waals surface area contributed by atoms with Crippen LogP contribution in [0.1, 0.15) is 39.5 Å². The van der Waals surface area contributed by atoms with E-state index in [-0.39, 0.29) is 5.97 Å². The maximum absolute atomic E-state index is 12.1. The van der Waals surface area contributed by atoms with Gasteiger partial charge in [0.25, 0.3) is 0 Å². The fourth-order valence-corrected chi connectivity index (χ4v) is 2.97. The third-order valence-corrected chi connectivity index (χ3v) is 4.53. The predicted octanol–water partition coefficient (Wildman–Crippen LogP) is 1.65. The van der Waals surface area contributed by atoms with E-state index < -0.39 is 5.54 Å². The summed E-state index contributed by atoms with van der Waals surface area (Å²) in [5, 5.41) is 3.24. The zero-order chi connectivity index (χ0) is 13.8. The molecule has 106 valence electrons. The predicted molar refractivity (Wildman–Crippen MR) is 73.5 cm³/mol. The average Bonchev–Trinajstić information content (AvgIpc) is 2.78. The molecule has 0 aromatic rings. The van der Waals surface area contributed by atoms with Crippen LogP contribution in [0.5, 0.6) is 0 Å². The maximum atomic E-state index is 12.1. The second kappa shape index (κ2) is 6.53. The van der Waals surface area contributed by atoms with Gasteiger partial charge in [-0.2, -0.15) is 0 Å². The van der Waals surface area contributed by atoms with Gasteiger partial charge in [0.2, 0.25) is 0 Å². The van der Waals surface area contributed by atoms with Crippen LogP contribution in [0.15, 0.2) is 0 Å². The standard InChI is InChI=1S/C14H28N2O2/c1-11(2)16(4)10-8-12-7-6-9-14(12,15-3)13(17)18-5/h11-12,15H,6-10H2,1-5H3. The van der Waals surface area contributed by atoms with E-state index in [9.17, 15) is 4.79 Å². The minimum Gasteiger partial charge on any atom is -0.468 e. The van der Waals surface area contributed by atoms with Crippen LogP contribution in [0.3, 0.4) is 0 Å². The summed E-state index contributed by atoms with van der Waals surface area (Å²) in [4.78, 5) is 14.4. The van der Waals surface area contributed by atoms with Crippen LogP contribution in [-0.2, 0) is 9.53 Å². The van der Waals surface area contributed by atoms with Gasteiger partial charge in [-0.05, 0) is 59.7 Å². The fourth-order valence-electron chi connectivity index (χ4n) is 2.97. The number of methoxy groups -OCH3 is 1. The number of nitrogens with one attached hydrogen (secondary N) is 1. The summed E-state index contributed by atoms with van der Waals surface area (Å²) in [5.74, 6) is 0.288. The van der Waals surface area contributed by atoms with Crippen molar-refractivity contribution in [3.8, 4) is 0 Å². The highest BCUT2D eigenvalue weighted by atomic mass is 16.5. The average molecular weight is 256 g/mol. The Hall–Kier alpha value is -0.610. The Kier molecular flexibility index (Phi) is 5.60. The summed E-state index contributed by atoms with van der Waals surface area (Å²) in [6.45, 7) is 5.42. The first-order valence-corrected chi connectivity index (χ1v) is 6.95. The number of nitrogens with zero attached hydrogens (tertiary/aromatic N) is 1. The van der Waals surface area contributed by atoms with Crippen molar-refractivity contribution in [3.63, 3.8) is 0 Å². The fraction of sp³-hybridized carbons (Fsp3) is 0.929. The van der Waals surface area contributed by atoms with E-state index in [4.69, 9.17) is 4.74 Å². The van der Waals surface area contributed by atoms with Crippen LogP contribution in [-0.4, -0.2) is 50.2 Å². The highest BCUT2D eigenvalue weighted by molar-refractivity contribution is 5.81. The van der Waals surface area contributed by atoms with Crippen molar-refractivity contribution >= 4 is 5.97 Å². The van der Waals surface area contributed by atoms with E-state index in [1.807, 2.05) is 7.05 Å². The van der Waals surface area contributed by atoms with Gasteiger partial charge in [0.05, 0.1) is 7.11 Å². The third-order valence-electron chi connectivity index (χ3n) is 4.53. The van der Waals surface area contributed by atoms with Gasteiger partial charge in [-0.15, -0.1) is 0 Å². The monoisotopic (exact) mass is 256 g/mol. The van der Waals surface area contributed by atoms with E-state index in [2.05, 4.69) is 31.1 Å². The Labute approximate surface area is 111 Å². The van der Waals surface area contributed by atoms with Crippen LogP contribution >= 0.6 is 0 Å². The first kappa shape index (κ1) is 15.4. The normalized spacial score (nSPS) is 28.1. The van der Waals surface area contributed by atoms with Gasteiger partial charge in [0, 0.05) is 6.04 Å². The number of carbonyl (C=O) groups is 1. The molecule has 18 heavy (non-hydrogen) atoms. The number of ether oxygens (including phenoxy) is 1. The Morgan fingerprint density at radius 3 is 2.72 bits per heavy atom. The zero-order valence-electron chi connectivity index (χ0n) is 12.5. The van der Waals surface area contributed by atoms with Gasteiger partial charge in [0.15, 0.2) is 0 Å². The Balaban J connectivity index is 2.66. The highest BCUT2D eigenvalue weighted by Crippen LogP contribution is 2.38. The zero-order valence-corrected chi connectivity index (χ0v) is 12.5. The molecule has 0 aromatic heterocycles. The van der Waals surface area contributed by atoms with E-state index >= 15 is 0 Å². The van der Waals surface area contributed by atoms with Gasteiger partial charge in [-0.1, -0.05) is 6.42 Å². The van der Waals surface area contributed by atoms with Crippen LogP contribution < -0.4 is 5.32 Å². The van der Waals surface area contributed by atoms with Crippen molar-refractivity contribution in [3.05, 3.63) is 0 Å². The summed E-state index contributed by atoms with van der Waals surface area (Å²) in [6.07, 6.45) is 4.16. The molecule has 1 N–H and O–H groups in total. The van der Waals surface area contributed by atoms with Gasteiger partial charge in [-0.3, -0.25) is 4.79 Å². The second-order valence-electron chi connectivity index (χ2n) is 5.67. The van der Waals surface area contributed by atoms with Crippen molar-refractivity contribution in [1.29, 1.82) is 0 Å². The molecule has 1 rings (SSSR count). The molecule has 0 spiro atoms. The number of hydrogen-bond donors (Lipinski definition) is 1. The summed E-state index contributed by atoms with van der Waals surface area (Å²) in [6, 6.07) is 0.550. The Bertz CT molecular complexity index is 281. The third kappa shape index (κ3) is 3.04. The van der Waals surface area contributed by atoms with Gasteiger partial charge >= 0.3 is 5.97 Å². The molecule has 1 aliphatic carbocycles. The molecule has 1 saturated carbocycles. The van der Waals surface area contributed by atoms with Crippen molar-refractivity contribution < 1.29 is 9.53 Å². The smallest absolute Gasteiger partial charge is 0.326 e. The largest absolute Gasteiger partial charge is 0.468 e. The molecule has 0 saturated heterocycles. The lowest BCUT2D eigenvalue weighted by Gasteiger charge is -2.34. The second-order valence-corrected chi connectivity index (χ2v) is 5.67. The number of hydrogen-bond acceptors (Lipinski definition) is 4. The Morgan fingerprint density at radius 1 is 1.56 bits per heavy atom. The molecule has 0 aliphatic heterocycles. The van der Waals surface area contributed by atoms with Gasteiger partial charge < -0.3 is 15.0 Å². The van der Waals surface area contributed by atoms with Gasteiger partial charge in [0.1, 0.15) is 5.54 Å². The van der Waals surface area contributed by atoms with Crippen LogP contribution in [0, 0.1) is 5.92 Å². The van der Waals surface area contributed by atoms with Crippen molar-refractivity contribution in [2.24, 2.45) is 5.92 Å². The number of rotatable bonds is 6. The molecule has 1 aliphatic rings. The molecular weight excluding hydrogens is 228 g/mol. The first-order chi connectivity index (χ1) is 8.47. The van der Waals surface area contributed by atoms with Crippen LogP contribution in [0.4, 0.5) is 0 Å². The molecule has 1 fully saturated rings. The summed E-state index contributed by atoms with van der Waals surface area (Å²) >= 11 is 0. The highest BCUT2D eigenvalue weighted by Gasteiger charge is 2.48. The lowest BCUT2D eigenvalue weighted by Crippen LogP contribution is -2.54. The molecule has 0 heterocycles. The summed E-state index contributed by atoms with van der Waals surface area (Å²) < 4.78 is 5.00. The van der Waals surface area contributed by atoms with E-state index in [1.165, 1.54) is 7.11 Å². The SMILES string of the molecule is CNC1(C(=O)OC)CCCC1CCN(C)C(C)C. The molecule has 0 aromatic carbocycles. The lowest BCUT2D eigenvalue weighted by atomic mass is 9.84. The van der Waals surface area contributed by atoms with Crippen molar-refractivity contribution in [2.75, 3.05) is 27.7 Å². The van der Waals surface area contributed by atoms with E-state index in [0.29, 0.717) is 12.0 Å². The van der Waals surface area contributed by atoms with E-state index in [1.54, 1.807) is 0 Å². The molecular formula is C14H28N2O2. The topological polar surface area (TPSA) is 41.6 Å². The molecule has 0 radical (unpaired) electrons. The minimum atomic E-state index is -0.452. The minimum absolute atomic E-state index is 0.0975. The lowest BCUT2D eigenvalue weighted by molar-refractivity contribution is -0.150. The summed E-state index contributed by atoms with van der Waals surface area (Å²) in [7, 11) is 5.50. The Morgan fingerprint density at radius 2 is 2.22 bits per heavy atom. The number of esters is 1. The molecule has 0 amide bonds. The number of likely N-dealkylation sites (N-methyl/N-ethyl adjacent to an activating group) is 1. The van der Waals surface area contributed by atoms with Gasteiger partial charge in [-0.25, -0.2) is 0 Å². The quantitative estimate of drug-likeness (QED) is 0.734. The molecule has 4 heteroatoms. The molecule has 2 unspecified atom stereocenters. The molecule has 0 bridgehead atoms. The molecule has 4 nitrogen and oxygen atoms in total. The van der Waals surface area contributed by atoms with Crippen molar-refractivity contribution in [2.45, 2.75) is 51.1 Å². The first-order valence-electron chi connectivity index (χ1n) is 6.95. The maximum Gasteiger partial charge on any atom is 0.326 e. The van der Waals surface area contributed by atoms with Crippen LogP contribution in [0.25, 0.3) is 0 Å². The van der Waals surface area contributed by atoms with Crippen LogP contribution in [0.2, 0.25) is 0 Å². The van der Waals surface area contributed by atoms with Crippen molar-refractivity contribution in [1.82, 2.24) is 10.2 Å². The van der Waals surface area contributed by atoms with E-state index in [0.717, 1.165) is 32.2 Å².